The first-order valence-corrected chi connectivity index (χ1v) is 8.57. The van der Waals surface area contributed by atoms with E-state index in [1.54, 1.807) is 13.0 Å². The van der Waals surface area contributed by atoms with Crippen LogP contribution in [0.4, 0.5) is 5.69 Å². The zero-order chi connectivity index (χ0) is 15.2. The Morgan fingerprint density at radius 1 is 1.25 bits per heavy atom. The molecule has 0 unspecified atom stereocenters. The Morgan fingerprint density at radius 2 is 1.90 bits per heavy atom. The van der Waals surface area contributed by atoms with Crippen molar-refractivity contribution in [2.45, 2.75) is 26.7 Å². The summed E-state index contributed by atoms with van der Waals surface area (Å²) in [7, 11) is -3.37. The highest BCUT2D eigenvalue weighted by molar-refractivity contribution is 7.92. The van der Waals surface area contributed by atoms with Gasteiger partial charge in [0.05, 0.1) is 18.5 Å². The Balaban J connectivity index is 2.93. The molecule has 0 radical (unpaired) electrons. The minimum atomic E-state index is -3.37. The van der Waals surface area contributed by atoms with E-state index in [0.717, 1.165) is 12.0 Å². The third-order valence-corrected chi connectivity index (χ3v) is 4.18. The average Bonchev–Trinajstić information content (AvgIpc) is 2.42. The second kappa shape index (κ2) is 7.28. The van der Waals surface area contributed by atoms with Gasteiger partial charge in [-0.25, -0.2) is 8.42 Å². The fourth-order valence-electron chi connectivity index (χ4n) is 1.94. The predicted octanol–water partition coefficient (Wildman–Crippen LogP) is 1.54. The smallest absolute Gasteiger partial charge is 0.232 e. The molecule has 0 atom stereocenters. The van der Waals surface area contributed by atoms with Crippen LogP contribution in [0.3, 0.4) is 0 Å². The van der Waals surface area contributed by atoms with Crippen LogP contribution in [0.2, 0.25) is 0 Å². The summed E-state index contributed by atoms with van der Waals surface area (Å²) < 4.78 is 25.3. The van der Waals surface area contributed by atoms with Gasteiger partial charge in [-0.05, 0) is 18.1 Å². The molecule has 20 heavy (non-hydrogen) atoms. The minimum Gasteiger partial charge on any atom is -0.354 e. The first-order chi connectivity index (χ1) is 9.40. The second-order valence-electron chi connectivity index (χ2n) is 4.52. The lowest BCUT2D eigenvalue weighted by Crippen LogP contribution is -2.38. The Bertz CT molecular complexity index is 555. The van der Waals surface area contributed by atoms with Crippen molar-refractivity contribution in [3.8, 4) is 0 Å². The van der Waals surface area contributed by atoms with Crippen LogP contribution in [0, 0.1) is 0 Å². The number of carbonyl (C=O) groups excluding carboxylic acids is 1. The molecule has 1 aromatic carbocycles. The Labute approximate surface area is 121 Å². The lowest BCUT2D eigenvalue weighted by Gasteiger charge is -2.24. The van der Waals surface area contributed by atoms with Crippen molar-refractivity contribution in [2.75, 3.05) is 23.7 Å². The lowest BCUT2D eigenvalue weighted by atomic mass is 10.1. The number of rotatable bonds is 7. The predicted molar refractivity (Wildman–Crippen MR) is 81.3 cm³/mol. The topological polar surface area (TPSA) is 66.5 Å². The quantitative estimate of drug-likeness (QED) is 0.830. The average molecular weight is 298 g/mol. The number of nitrogens with one attached hydrogen (secondary N) is 1. The van der Waals surface area contributed by atoms with Gasteiger partial charge in [-0.1, -0.05) is 32.0 Å². The van der Waals surface area contributed by atoms with Gasteiger partial charge in [0.15, 0.2) is 0 Å². The van der Waals surface area contributed by atoms with Crippen LogP contribution in [-0.2, 0) is 21.2 Å². The molecular weight excluding hydrogens is 276 g/mol. The van der Waals surface area contributed by atoms with Crippen molar-refractivity contribution < 1.29 is 13.2 Å². The number of carbonyl (C=O) groups is 1. The van der Waals surface area contributed by atoms with Crippen LogP contribution >= 0.6 is 0 Å². The van der Waals surface area contributed by atoms with Crippen LogP contribution in [0.15, 0.2) is 24.3 Å². The largest absolute Gasteiger partial charge is 0.354 e. The summed E-state index contributed by atoms with van der Waals surface area (Å²) in [5, 5.41) is 2.70. The highest BCUT2D eigenvalue weighted by Gasteiger charge is 2.19. The summed E-state index contributed by atoms with van der Waals surface area (Å²) in [5.41, 5.74) is 1.66. The molecule has 0 aliphatic carbocycles. The number of hydrogen-bond donors (Lipinski definition) is 1. The van der Waals surface area contributed by atoms with Crippen molar-refractivity contribution in [3.63, 3.8) is 0 Å². The maximum absolute atomic E-state index is 12.0. The molecule has 5 nitrogen and oxygen atoms in total. The Kier molecular flexibility index (Phi) is 6.01. The molecule has 1 aromatic rings. The molecule has 0 aromatic heterocycles. The first kappa shape index (κ1) is 16.5. The van der Waals surface area contributed by atoms with Crippen LogP contribution in [-0.4, -0.2) is 33.7 Å². The maximum Gasteiger partial charge on any atom is 0.232 e. The summed E-state index contributed by atoms with van der Waals surface area (Å²) in [4.78, 5) is 11.2. The Hall–Kier alpha value is -1.56. The normalized spacial score (nSPS) is 11.2. The van der Waals surface area contributed by atoms with Crippen LogP contribution in [0.1, 0.15) is 25.8 Å². The van der Waals surface area contributed by atoms with E-state index in [0.29, 0.717) is 18.7 Å². The third kappa shape index (κ3) is 4.52. The number of anilines is 1. The molecule has 0 fully saturated rings. The molecule has 0 saturated carbocycles. The van der Waals surface area contributed by atoms with Gasteiger partial charge < -0.3 is 5.32 Å². The van der Waals surface area contributed by atoms with Crippen molar-refractivity contribution in [3.05, 3.63) is 29.8 Å². The number of sulfonamides is 1. The van der Waals surface area contributed by atoms with Gasteiger partial charge in [0.1, 0.15) is 0 Å². The fraction of sp³-hybridized carbons (Fsp3) is 0.500. The Morgan fingerprint density at radius 3 is 2.45 bits per heavy atom. The van der Waals surface area contributed by atoms with Gasteiger partial charge in [0, 0.05) is 13.0 Å². The zero-order valence-corrected chi connectivity index (χ0v) is 13.0. The number of nitrogens with zero attached hydrogens (tertiary/aromatic N) is 1. The van der Waals surface area contributed by atoms with Crippen molar-refractivity contribution >= 4 is 21.6 Å². The van der Waals surface area contributed by atoms with Gasteiger partial charge in [0.2, 0.25) is 15.9 Å². The molecule has 6 heteroatoms. The lowest BCUT2D eigenvalue weighted by molar-refractivity contribution is -0.120. The standard InChI is InChI=1S/C14H22N2O3S/c1-4-12-8-6-7-9-13(12)16(20(3,18)19)11-10-15-14(17)5-2/h6-9H,4-5,10-11H2,1-3H3,(H,15,17). The summed E-state index contributed by atoms with van der Waals surface area (Å²) >= 11 is 0. The van der Waals surface area contributed by atoms with E-state index in [9.17, 15) is 13.2 Å². The molecule has 0 aliphatic rings. The van der Waals surface area contributed by atoms with E-state index in [-0.39, 0.29) is 12.5 Å². The highest BCUT2D eigenvalue weighted by atomic mass is 32.2. The summed E-state index contributed by atoms with van der Waals surface area (Å²) in [6, 6.07) is 7.42. The van der Waals surface area contributed by atoms with Gasteiger partial charge in [-0.2, -0.15) is 0 Å². The van der Waals surface area contributed by atoms with Gasteiger partial charge in [-0.3, -0.25) is 9.10 Å². The molecule has 0 spiro atoms. The summed E-state index contributed by atoms with van der Waals surface area (Å²) in [6.45, 7) is 4.29. The van der Waals surface area contributed by atoms with Crippen molar-refractivity contribution in [1.29, 1.82) is 0 Å². The number of para-hydroxylation sites is 1. The van der Waals surface area contributed by atoms with E-state index in [1.807, 2.05) is 25.1 Å². The number of hydrogen-bond acceptors (Lipinski definition) is 3. The SMILES string of the molecule is CCC(=O)NCCN(c1ccccc1CC)S(C)(=O)=O. The van der Waals surface area contributed by atoms with Crippen LogP contribution < -0.4 is 9.62 Å². The molecule has 1 N–H and O–H groups in total. The van der Waals surface area contributed by atoms with Gasteiger partial charge in [-0.15, -0.1) is 0 Å². The molecule has 0 heterocycles. The second-order valence-corrected chi connectivity index (χ2v) is 6.43. The molecule has 1 rings (SSSR count). The number of benzene rings is 1. The first-order valence-electron chi connectivity index (χ1n) is 6.72. The van der Waals surface area contributed by atoms with Crippen molar-refractivity contribution in [1.82, 2.24) is 5.32 Å². The van der Waals surface area contributed by atoms with E-state index >= 15 is 0 Å². The van der Waals surface area contributed by atoms with Gasteiger partial charge in [0.25, 0.3) is 0 Å². The summed E-state index contributed by atoms with van der Waals surface area (Å²) in [5.74, 6) is -0.0813. The minimum absolute atomic E-state index is 0.0813. The monoisotopic (exact) mass is 298 g/mol. The zero-order valence-electron chi connectivity index (χ0n) is 12.2. The molecule has 1 amide bonds. The number of aryl methyl sites for hydroxylation is 1. The van der Waals surface area contributed by atoms with Crippen LogP contribution in [0.5, 0.6) is 0 Å². The van der Waals surface area contributed by atoms with Gasteiger partial charge >= 0.3 is 0 Å². The van der Waals surface area contributed by atoms with E-state index in [2.05, 4.69) is 5.32 Å². The molecule has 0 saturated heterocycles. The fourth-order valence-corrected chi connectivity index (χ4v) is 2.90. The maximum atomic E-state index is 12.0. The summed E-state index contributed by atoms with van der Waals surface area (Å²) in [6.07, 6.45) is 2.33. The number of amides is 1. The van der Waals surface area contributed by atoms with E-state index in [4.69, 9.17) is 0 Å². The molecular formula is C14H22N2O3S. The molecule has 0 aliphatic heterocycles. The van der Waals surface area contributed by atoms with E-state index < -0.39 is 10.0 Å². The van der Waals surface area contributed by atoms with Crippen LogP contribution in [0.25, 0.3) is 0 Å². The van der Waals surface area contributed by atoms with Crippen molar-refractivity contribution in [2.24, 2.45) is 0 Å². The van der Waals surface area contributed by atoms with E-state index in [1.165, 1.54) is 10.6 Å². The molecule has 112 valence electrons. The molecule has 0 bridgehead atoms. The highest BCUT2D eigenvalue weighted by Crippen LogP contribution is 2.22. The third-order valence-electron chi connectivity index (χ3n) is 3.00.